The zero-order valence-corrected chi connectivity index (χ0v) is 13.4. The lowest BCUT2D eigenvalue weighted by atomic mass is 10.1. The van der Waals surface area contributed by atoms with Crippen molar-refractivity contribution in [3.8, 4) is 0 Å². The fourth-order valence-corrected chi connectivity index (χ4v) is 2.14. The van der Waals surface area contributed by atoms with Crippen LogP contribution in [-0.4, -0.2) is 5.91 Å². The molecule has 0 unspecified atom stereocenters. The summed E-state index contributed by atoms with van der Waals surface area (Å²) in [6.45, 7) is 4.97. The van der Waals surface area contributed by atoms with Crippen molar-refractivity contribution < 1.29 is 4.79 Å². The van der Waals surface area contributed by atoms with E-state index in [1.54, 1.807) is 0 Å². The number of unbranched alkanes of at least 4 members (excludes halogenated alkanes) is 1. The van der Waals surface area contributed by atoms with Crippen LogP contribution in [-0.2, 0) is 11.3 Å². The Labute approximate surface area is 132 Å². The fraction of sp³-hybridized carbons (Fsp3) is 0.316. The summed E-state index contributed by atoms with van der Waals surface area (Å²) in [5.74, 6) is 0.0854. The predicted molar refractivity (Wildman–Crippen MR) is 93.1 cm³/mol. The van der Waals surface area contributed by atoms with Gasteiger partial charge in [-0.2, -0.15) is 0 Å². The van der Waals surface area contributed by atoms with E-state index in [0.717, 1.165) is 30.8 Å². The van der Waals surface area contributed by atoms with Crippen LogP contribution in [0.2, 0.25) is 0 Å². The second-order valence-corrected chi connectivity index (χ2v) is 5.57. The number of benzene rings is 2. The van der Waals surface area contributed by atoms with Gasteiger partial charge in [-0.25, -0.2) is 0 Å². The van der Waals surface area contributed by atoms with Crippen LogP contribution < -0.4 is 10.6 Å². The van der Waals surface area contributed by atoms with Gasteiger partial charge in [-0.05, 0) is 43.2 Å². The molecule has 0 aromatic heterocycles. The van der Waals surface area contributed by atoms with E-state index in [-0.39, 0.29) is 5.91 Å². The zero-order chi connectivity index (χ0) is 15.8. The van der Waals surface area contributed by atoms with E-state index in [0.29, 0.717) is 6.42 Å². The maximum absolute atomic E-state index is 11.7. The number of carbonyl (C=O) groups excluding carboxylic acids is 1. The summed E-state index contributed by atoms with van der Waals surface area (Å²) in [6.07, 6.45) is 2.56. The number of aryl methyl sites for hydroxylation is 1. The monoisotopic (exact) mass is 296 g/mol. The van der Waals surface area contributed by atoms with E-state index < -0.39 is 0 Å². The van der Waals surface area contributed by atoms with Crippen LogP contribution in [0.1, 0.15) is 37.3 Å². The maximum Gasteiger partial charge on any atom is 0.224 e. The molecular formula is C19H24N2O. The first-order valence-corrected chi connectivity index (χ1v) is 7.86. The molecule has 22 heavy (non-hydrogen) atoms. The number of hydrogen-bond acceptors (Lipinski definition) is 2. The number of carbonyl (C=O) groups is 1. The second-order valence-electron chi connectivity index (χ2n) is 5.57. The summed E-state index contributed by atoms with van der Waals surface area (Å²) in [7, 11) is 0. The van der Waals surface area contributed by atoms with Crippen molar-refractivity contribution >= 4 is 17.3 Å². The Kier molecular flexibility index (Phi) is 6.01. The Morgan fingerprint density at radius 1 is 0.955 bits per heavy atom. The van der Waals surface area contributed by atoms with E-state index in [1.165, 1.54) is 11.1 Å². The van der Waals surface area contributed by atoms with Crippen LogP contribution in [0.15, 0.2) is 48.5 Å². The first-order valence-electron chi connectivity index (χ1n) is 7.86. The lowest BCUT2D eigenvalue weighted by Crippen LogP contribution is -2.10. The highest BCUT2D eigenvalue weighted by Crippen LogP contribution is 2.15. The van der Waals surface area contributed by atoms with Crippen LogP contribution in [0.25, 0.3) is 0 Å². The molecule has 2 aromatic carbocycles. The molecule has 2 rings (SSSR count). The lowest BCUT2D eigenvalue weighted by Gasteiger charge is -2.09. The summed E-state index contributed by atoms with van der Waals surface area (Å²) in [5.41, 5.74) is 4.42. The van der Waals surface area contributed by atoms with Gasteiger partial charge >= 0.3 is 0 Å². The van der Waals surface area contributed by atoms with Gasteiger partial charge in [-0.15, -0.1) is 0 Å². The lowest BCUT2D eigenvalue weighted by molar-refractivity contribution is -0.116. The first-order chi connectivity index (χ1) is 10.7. The van der Waals surface area contributed by atoms with Crippen molar-refractivity contribution in [2.75, 3.05) is 10.6 Å². The Hall–Kier alpha value is -2.29. The smallest absolute Gasteiger partial charge is 0.224 e. The van der Waals surface area contributed by atoms with Gasteiger partial charge in [0.1, 0.15) is 0 Å². The molecule has 0 saturated heterocycles. The van der Waals surface area contributed by atoms with Gasteiger partial charge in [0.25, 0.3) is 0 Å². The molecule has 0 heterocycles. The van der Waals surface area contributed by atoms with Crippen LogP contribution >= 0.6 is 0 Å². The molecule has 2 aromatic rings. The van der Waals surface area contributed by atoms with Crippen molar-refractivity contribution in [2.45, 2.75) is 39.7 Å². The first kappa shape index (κ1) is 16.1. The maximum atomic E-state index is 11.7. The zero-order valence-electron chi connectivity index (χ0n) is 13.4. The normalized spacial score (nSPS) is 10.3. The fourth-order valence-electron chi connectivity index (χ4n) is 2.14. The largest absolute Gasteiger partial charge is 0.381 e. The summed E-state index contributed by atoms with van der Waals surface area (Å²) in [4.78, 5) is 11.7. The van der Waals surface area contributed by atoms with Gasteiger partial charge in [0.05, 0.1) is 0 Å². The van der Waals surface area contributed by atoms with E-state index >= 15 is 0 Å². The molecule has 0 aliphatic heterocycles. The summed E-state index contributed by atoms with van der Waals surface area (Å²) >= 11 is 0. The van der Waals surface area contributed by atoms with Crippen molar-refractivity contribution in [1.82, 2.24) is 0 Å². The molecule has 0 aliphatic rings. The molecule has 3 nitrogen and oxygen atoms in total. The number of rotatable bonds is 7. The average Bonchev–Trinajstić information content (AvgIpc) is 2.54. The van der Waals surface area contributed by atoms with E-state index in [2.05, 4.69) is 48.7 Å². The summed E-state index contributed by atoms with van der Waals surface area (Å²) in [6, 6.07) is 16.3. The third-order valence-corrected chi connectivity index (χ3v) is 3.54. The Morgan fingerprint density at radius 3 is 2.23 bits per heavy atom. The highest BCUT2D eigenvalue weighted by molar-refractivity contribution is 5.90. The Bertz CT molecular complexity index is 588. The molecule has 0 bridgehead atoms. The Balaban J connectivity index is 1.83. The van der Waals surface area contributed by atoms with Crippen LogP contribution in [0, 0.1) is 6.92 Å². The Morgan fingerprint density at radius 2 is 1.59 bits per heavy atom. The topological polar surface area (TPSA) is 41.1 Å². The molecule has 0 saturated carbocycles. The molecule has 0 radical (unpaired) electrons. The standard InChI is InChI=1S/C19H24N2O/c1-3-4-5-19(22)21-18-12-10-17(11-13-18)20-14-16-8-6-15(2)7-9-16/h6-13,20H,3-5,14H2,1-2H3,(H,21,22). The molecule has 0 fully saturated rings. The minimum atomic E-state index is 0.0854. The molecule has 0 spiro atoms. The highest BCUT2D eigenvalue weighted by atomic mass is 16.1. The molecule has 116 valence electrons. The molecular weight excluding hydrogens is 272 g/mol. The van der Waals surface area contributed by atoms with Crippen LogP contribution in [0.3, 0.4) is 0 Å². The van der Waals surface area contributed by atoms with Crippen molar-refractivity contribution in [2.24, 2.45) is 0 Å². The van der Waals surface area contributed by atoms with Crippen molar-refractivity contribution in [3.05, 3.63) is 59.7 Å². The number of hydrogen-bond donors (Lipinski definition) is 2. The molecule has 0 aliphatic carbocycles. The van der Waals surface area contributed by atoms with Crippen molar-refractivity contribution in [3.63, 3.8) is 0 Å². The highest BCUT2D eigenvalue weighted by Gasteiger charge is 2.01. The van der Waals surface area contributed by atoms with Gasteiger partial charge in [0.15, 0.2) is 0 Å². The van der Waals surface area contributed by atoms with Crippen LogP contribution in [0.4, 0.5) is 11.4 Å². The summed E-state index contributed by atoms with van der Waals surface area (Å²) < 4.78 is 0. The quantitative estimate of drug-likeness (QED) is 0.775. The molecule has 0 atom stereocenters. The third-order valence-electron chi connectivity index (χ3n) is 3.54. The SMILES string of the molecule is CCCCC(=O)Nc1ccc(NCc2ccc(C)cc2)cc1. The number of nitrogens with one attached hydrogen (secondary N) is 2. The van der Waals surface area contributed by atoms with Gasteiger partial charge < -0.3 is 10.6 Å². The second kappa shape index (κ2) is 8.23. The van der Waals surface area contributed by atoms with E-state index in [4.69, 9.17) is 0 Å². The molecule has 3 heteroatoms. The van der Waals surface area contributed by atoms with Gasteiger partial charge in [0, 0.05) is 24.3 Å². The average molecular weight is 296 g/mol. The van der Waals surface area contributed by atoms with Gasteiger partial charge in [-0.3, -0.25) is 4.79 Å². The summed E-state index contributed by atoms with van der Waals surface area (Å²) in [5, 5.41) is 6.30. The van der Waals surface area contributed by atoms with E-state index in [9.17, 15) is 4.79 Å². The number of anilines is 2. The van der Waals surface area contributed by atoms with Gasteiger partial charge in [0.2, 0.25) is 5.91 Å². The predicted octanol–water partition coefficient (Wildman–Crippen LogP) is 4.74. The van der Waals surface area contributed by atoms with Crippen molar-refractivity contribution in [1.29, 1.82) is 0 Å². The minimum Gasteiger partial charge on any atom is -0.381 e. The van der Waals surface area contributed by atoms with Gasteiger partial charge in [-0.1, -0.05) is 43.2 Å². The molecule has 2 N–H and O–H groups in total. The third kappa shape index (κ3) is 5.24. The number of amides is 1. The van der Waals surface area contributed by atoms with Crippen LogP contribution in [0.5, 0.6) is 0 Å². The van der Waals surface area contributed by atoms with E-state index in [1.807, 2.05) is 24.3 Å². The minimum absolute atomic E-state index is 0.0854. The molecule has 1 amide bonds.